The van der Waals surface area contributed by atoms with E-state index in [9.17, 15) is 18.0 Å². The number of sulfone groups is 1. The Labute approximate surface area is 163 Å². The highest BCUT2D eigenvalue weighted by molar-refractivity contribution is 7.91. The maximum Gasteiger partial charge on any atom is 0.252 e. The van der Waals surface area contributed by atoms with Crippen molar-refractivity contribution in [2.45, 2.75) is 24.7 Å². The summed E-state index contributed by atoms with van der Waals surface area (Å²) in [6, 6.07) is 12.9. The number of rotatable bonds is 8. The van der Waals surface area contributed by atoms with Gasteiger partial charge in [-0.05, 0) is 42.8 Å². The average Bonchev–Trinajstić information content (AvgIpc) is 2.67. The first-order valence-electron chi connectivity index (χ1n) is 8.49. The Kier molecular flexibility index (Phi) is 7.38. The van der Waals surface area contributed by atoms with Crippen LogP contribution < -0.4 is 10.6 Å². The van der Waals surface area contributed by atoms with Crippen LogP contribution in [0.3, 0.4) is 0 Å². The van der Waals surface area contributed by atoms with Crippen LogP contribution in [0.1, 0.15) is 30.1 Å². The molecule has 0 heterocycles. The number of carbonyl (C=O) groups excluding carboxylic acids is 2. The van der Waals surface area contributed by atoms with Crippen molar-refractivity contribution in [3.8, 4) is 0 Å². The molecule has 0 bridgehead atoms. The molecule has 2 aromatic carbocycles. The second-order valence-electron chi connectivity index (χ2n) is 5.81. The Bertz CT molecular complexity index is 912. The number of carbonyl (C=O) groups is 2. The van der Waals surface area contributed by atoms with Gasteiger partial charge >= 0.3 is 0 Å². The van der Waals surface area contributed by atoms with E-state index < -0.39 is 15.7 Å². The quantitative estimate of drug-likeness (QED) is 0.655. The van der Waals surface area contributed by atoms with Crippen molar-refractivity contribution in [1.82, 2.24) is 5.32 Å². The van der Waals surface area contributed by atoms with Gasteiger partial charge in [-0.25, -0.2) is 8.42 Å². The lowest BCUT2D eigenvalue weighted by atomic mass is 10.2. The van der Waals surface area contributed by atoms with Crippen molar-refractivity contribution in [3.63, 3.8) is 0 Å². The fraction of sp³-hybridized carbons (Fsp3) is 0.263. The second-order valence-corrected chi connectivity index (χ2v) is 8.50. The van der Waals surface area contributed by atoms with Crippen LogP contribution in [0.5, 0.6) is 0 Å². The van der Waals surface area contributed by atoms with Gasteiger partial charge in [0.15, 0.2) is 9.84 Å². The van der Waals surface area contributed by atoms with Gasteiger partial charge in [0.25, 0.3) is 5.91 Å². The van der Waals surface area contributed by atoms with Crippen LogP contribution in [0.25, 0.3) is 0 Å². The Morgan fingerprint density at radius 2 is 1.70 bits per heavy atom. The van der Waals surface area contributed by atoms with Gasteiger partial charge < -0.3 is 10.6 Å². The van der Waals surface area contributed by atoms with Gasteiger partial charge in [0.1, 0.15) is 0 Å². The monoisotopic (exact) mass is 408 g/mol. The van der Waals surface area contributed by atoms with Crippen molar-refractivity contribution >= 4 is 38.9 Å². The van der Waals surface area contributed by atoms with Crippen LogP contribution in [0.15, 0.2) is 53.4 Å². The van der Waals surface area contributed by atoms with Crippen molar-refractivity contribution in [3.05, 3.63) is 59.1 Å². The summed E-state index contributed by atoms with van der Waals surface area (Å²) in [5.74, 6) is -0.733. The Morgan fingerprint density at radius 1 is 1.04 bits per heavy atom. The van der Waals surface area contributed by atoms with Crippen molar-refractivity contribution in [2.24, 2.45) is 0 Å². The fourth-order valence-corrected chi connectivity index (χ4v) is 3.60. The third kappa shape index (κ3) is 6.08. The van der Waals surface area contributed by atoms with Gasteiger partial charge in [0, 0.05) is 23.7 Å². The third-order valence-corrected chi connectivity index (χ3v) is 5.88. The molecule has 2 rings (SSSR count). The zero-order valence-corrected chi connectivity index (χ0v) is 16.4. The van der Waals surface area contributed by atoms with Crippen molar-refractivity contribution < 1.29 is 18.0 Å². The van der Waals surface area contributed by atoms with E-state index in [1.807, 2.05) is 0 Å². The largest absolute Gasteiger partial charge is 0.352 e. The molecule has 2 N–H and O–H groups in total. The molecular weight excluding hydrogens is 388 g/mol. The van der Waals surface area contributed by atoms with Crippen LogP contribution in [-0.2, 0) is 14.6 Å². The Morgan fingerprint density at radius 3 is 2.37 bits per heavy atom. The van der Waals surface area contributed by atoms with E-state index >= 15 is 0 Å². The molecule has 0 aliphatic rings. The van der Waals surface area contributed by atoms with Gasteiger partial charge in [-0.3, -0.25) is 9.59 Å². The van der Waals surface area contributed by atoms with Gasteiger partial charge in [-0.1, -0.05) is 30.7 Å². The molecule has 0 saturated carbocycles. The number of hydrogen-bond acceptors (Lipinski definition) is 4. The fourth-order valence-electron chi connectivity index (χ4n) is 2.38. The molecule has 27 heavy (non-hydrogen) atoms. The number of amides is 2. The molecular formula is C19H21ClN2O4S. The summed E-state index contributed by atoms with van der Waals surface area (Å²) in [7, 11) is -3.49. The topological polar surface area (TPSA) is 92.3 Å². The van der Waals surface area contributed by atoms with E-state index in [1.54, 1.807) is 36.4 Å². The standard InChI is InChI=1S/C19H21ClN2O4S/c1-2-27(25,26)17-7-4-3-6-16(17)19(24)21-13-5-8-18(23)22-15-11-9-14(20)10-12-15/h3-4,6-7,9-12H,2,5,8,13H2,1H3,(H,21,24)(H,22,23). The zero-order chi connectivity index (χ0) is 19.9. The number of halogens is 1. The molecule has 2 aromatic rings. The molecule has 8 heteroatoms. The van der Waals surface area contributed by atoms with E-state index in [1.165, 1.54) is 19.1 Å². The molecule has 0 atom stereocenters. The molecule has 6 nitrogen and oxygen atoms in total. The number of nitrogens with one attached hydrogen (secondary N) is 2. The third-order valence-electron chi connectivity index (χ3n) is 3.84. The highest BCUT2D eigenvalue weighted by Gasteiger charge is 2.20. The molecule has 0 spiro atoms. The maximum atomic E-state index is 12.3. The minimum Gasteiger partial charge on any atom is -0.352 e. The molecule has 0 aliphatic carbocycles. The summed E-state index contributed by atoms with van der Waals surface area (Å²) in [5, 5.41) is 5.98. The molecule has 0 aliphatic heterocycles. The van der Waals surface area contributed by atoms with Crippen LogP contribution in [0.4, 0.5) is 5.69 Å². The molecule has 0 radical (unpaired) electrons. The van der Waals surface area contributed by atoms with Gasteiger partial charge in [-0.2, -0.15) is 0 Å². The van der Waals surface area contributed by atoms with E-state index in [2.05, 4.69) is 10.6 Å². The number of anilines is 1. The molecule has 144 valence electrons. The summed E-state index contributed by atoms with van der Waals surface area (Å²) in [5.41, 5.74) is 0.761. The molecule has 0 unspecified atom stereocenters. The van der Waals surface area contributed by atoms with Gasteiger partial charge in [0.2, 0.25) is 5.91 Å². The minimum absolute atomic E-state index is 0.0190. The van der Waals surface area contributed by atoms with E-state index in [0.717, 1.165) is 0 Å². The van der Waals surface area contributed by atoms with Crippen LogP contribution in [-0.4, -0.2) is 32.5 Å². The van der Waals surface area contributed by atoms with Crippen LogP contribution in [0.2, 0.25) is 5.02 Å². The van der Waals surface area contributed by atoms with E-state index in [-0.39, 0.29) is 35.1 Å². The van der Waals surface area contributed by atoms with Crippen molar-refractivity contribution in [1.29, 1.82) is 0 Å². The van der Waals surface area contributed by atoms with Crippen molar-refractivity contribution in [2.75, 3.05) is 17.6 Å². The minimum atomic E-state index is -3.49. The Balaban J connectivity index is 1.85. The lowest BCUT2D eigenvalue weighted by Crippen LogP contribution is -2.27. The molecule has 2 amide bonds. The highest BCUT2D eigenvalue weighted by Crippen LogP contribution is 2.17. The predicted octanol–water partition coefficient (Wildman–Crippen LogP) is 3.28. The molecule has 0 aromatic heterocycles. The maximum absolute atomic E-state index is 12.3. The summed E-state index contributed by atoms with van der Waals surface area (Å²) >= 11 is 5.79. The average molecular weight is 409 g/mol. The highest BCUT2D eigenvalue weighted by atomic mass is 35.5. The Hall–Kier alpha value is -2.38. The summed E-state index contributed by atoms with van der Waals surface area (Å²) in [6.07, 6.45) is 0.645. The second kappa shape index (κ2) is 9.53. The zero-order valence-electron chi connectivity index (χ0n) is 14.9. The smallest absolute Gasteiger partial charge is 0.252 e. The normalized spacial score (nSPS) is 11.0. The van der Waals surface area contributed by atoms with E-state index in [0.29, 0.717) is 17.1 Å². The summed E-state index contributed by atoms with van der Waals surface area (Å²) in [4.78, 5) is 24.2. The predicted molar refractivity (Wildman–Crippen MR) is 106 cm³/mol. The van der Waals surface area contributed by atoms with Gasteiger partial charge in [-0.15, -0.1) is 0 Å². The summed E-state index contributed by atoms with van der Waals surface area (Å²) in [6.45, 7) is 1.79. The van der Waals surface area contributed by atoms with Gasteiger partial charge in [0.05, 0.1) is 16.2 Å². The molecule has 0 saturated heterocycles. The number of hydrogen-bond donors (Lipinski definition) is 2. The number of benzene rings is 2. The first-order chi connectivity index (χ1) is 12.8. The van der Waals surface area contributed by atoms with Crippen LogP contribution in [0, 0.1) is 0 Å². The SMILES string of the molecule is CCS(=O)(=O)c1ccccc1C(=O)NCCCC(=O)Nc1ccc(Cl)cc1. The van der Waals surface area contributed by atoms with E-state index in [4.69, 9.17) is 11.6 Å². The van der Waals surface area contributed by atoms with Crippen LogP contribution >= 0.6 is 11.6 Å². The molecule has 0 fully saturated rings. The summed E-state index contributed by atoms with van der Waals surface area (Å²) < 4.78 is 24.2. The lowest BCUT2D eigenvalue weighted by Gasteiger charge is -2.10. The first kappa shape index (κ1) is 20.9. The first-order valence-corrected chi connectivity index (χ1v) is 10.5. The lowest BCUT2D eigenvalue weighted by molar-refractivity contribution is -0.116.